The largest absolute Gasteiger partial charge is 0.493 e. The predicted octanol–water partition coefficient (Wildman–Crippen LogP) is 5.90. The Balaban J connectivity index is 1.51. The molecule has 5 rings (SSSR count). The third kappa shape index (κ3) is 4.17. The summed E-state index contributed by atoms with van der Waals surface area (Å²) in [5.41, 5.74) is 6.14. The number of rotatable bonds is 4. The summed E-state index contributed by atoms with van der Waals surface area (Å²) in [4.78, 5) is 11.5. The van der Waals surface area contributed by atoms with Crippen LogP contribution in [0.4, 0.5) is 0 Å². The SMILES string of the molecule is CC1CCN(Cc2ccc(-c3nc4ccnc(O)c4cc3-c3ccccc3)cc2)CC1. The van der Waals surface area contributed by atoms with Gasteiger partial charge < -0.3 is 5.11 Å². The number of fused-ring (bicyclic) bond motifs is 1. The minimum absolute atomic E-state index is 0.0138. The number of aromatic nitrogens is 2. The van der Waals surface area contributed by atoms with Gasteiger partial charge in [0.15, 0.2) is 0 Å². The van der Waals surface area contributed by atoms with Crippen LogP contribution in [0.1, 0.15) is 25.3 Å². The molecule has 1 aliphatic heterocycles. The molecule has 1 aliphatic rings. The Kier molecular flexibility index (Phi) is 5.39. The quantitative estimate of drug-likeness (QED) is 0.456. The van der Waals surface area contributed by atoms with Crippen LogP contribution < -0.4 is 0 Å². The van der Waals surface area contributed by atoms with E-state index in [1.807, 2.05) is 30.3 Å². The van der Waals surface area contributed by atoms with Gasteiger partial charge in [-0.15, -0.1) is 0 Å². The number of hydrogen-bond donors (Lipinski definition) is 1. The van der Waals surface area contributed by atoms with Crippen LogP contribution in [0.2, 0.25) is 0 Å². The third-order valence-corrected chi connectivity index (χ3v) is 6.32. The Morgan fingerprint density at radius 3 is 2.42 bits per heavy atom. The van der Waals surface area contributed by atoms with Crippen molar-refractivity contribution >= 4 is 10.9 Å². The minimum atomic E-state index is 0.0138. The number of nitrogens with zero attached hydrogens (tertiary/aromatic N) is 3. The summed E-state index contributed by atoms with van der Waals surface area (Å²) in [6.45, 7) is 5.72. The number of piperidine rings is 1. The molecule has 0 aliphatic carbocycles. The number of hydrogen-bond acceptors (Lipinski definition) is 4. The van der Waals surface area contributed by atoms with Gasteiger partial charge in [-0.25, -0.2) is 9.97 Å². The summed E-state index contributed by atoms with van der Waals surface area (Å²) in [6.07, 6.45) is 4.18. The van der Waals surface area contributed by atoms with Gasteiger partial charge in [0.25, 0.3) is 0 Å². The Labute approximate surface area is 183 Å². The van der Waals surface area contributed by atoms with Crippen LogP contribution in [-0.4, -0.2) is 33.1 Å². The highest BCUT2D eigenvalue weighted by Crippen LogP contribution is 2.35. The summed E-state index contributed by atoms with van der Waals surface area (Å²) < 4.78 is 0. The number of pyridine rings is 2. The topological polar surface area (TPSA) is 49.2 Å². The fourth-order valence-corrected chi connectivity index (χ4v) is 4.39. The highest BCUT2D eigenvalue weighted by Gasteiger charge is 2.17. The molecule has 1 N–H and O–H groups in total. The summed E-state index contributed by atoms with van der Waals surface area (Å²) in [6, 6.07) is 22.8. The molecule has 4 aromatic rings. The zero-order valence-electron chi connectivity index (χ0n) is 17.8. The lowest BCUT2D eigenvalue weighted by Gasteiger charge is -2.30. The average Bonchev–Trinajstić information content (AvgIpc) is 2.81. The van der Waals surface area contributed by atoms with Gasteiger partial charge in [-0.2, -0.15) is 0 Å². The monoisotopic (exact) mass is 409 g/mol. The number of aromatic hydroxyl groups is 1. The molecule has 4 heteroatoms. The van der Waals surface area contributed by atoms with E-state index in [-0.39, 0.29) is 5.88 Å². The molecular weight excluding hydrogens is 382 g/mol. The van der Waals surface area contributed by atoms with E-state index in [0.29, 0.717) is 5.39 Å². The van der Waals surface area contributed by atoms with E-state index in [9.17, 15) is 5.11 Å². The van der Waals surface area contributed by atoms with E-state index in [0.717, 1.165) is 40.4 Å². The molecule has 0 unspecified atom stereocenters. The molecule has 0 amide bonds. The van der Waals surface area contributed by atoms with Crippen molar-refractivity contribution in [2.24, 2.45) is 5.92 Å². The highest BCUT2D eigenvalue weighted by molar-refractivity contribution is 5.93. The first-order chi connectivity index (χ1) is 15.2. The van der Waals surface area contributed by atoms with Crippen LogP contribution in [0.25, 0.3) is 33.3 Å². The van der Waals surface area contributed by atoms with E-state index in [4.69, 9.17) is 4.98 Å². The molecule has 0 saturated carbocycles. The van der Waals surface area contributed by atoms with E-state index in [2.05, 4.69) is 53.2 Å². The molecule has 0 spiro atoms. The number of benzene rings is 2. The van der Waals surface area contributed by atoms with Crippen LogP contribution >= 0.6 is 0 Å². The molecule has 31 heavy (non-hydrogen) atoms. The molecule has 1 saturated heterocycles. The first-order valence-electron chi connectivity index (χ1n) is 11.0. The maximum absolute atomic E-state index is 10.3. The maximum Gasteiger partial charge on any atom is 0.220 e. The fourth-order valence-electron chi connectivity index (χ4n) is 4.39. The van der Waals surface area contributed by atoms with Crippen molar-refractivity contribution in [1.29, 1.82) is 0 Å². The molecule has 0 bridgehead atoms. The van der Waals surface area contributed by atoms with Crippen molar-refractivity contribution in [2.75, 3.05) is 13.1 Å². The molecule has 3 heterocycles. The summed E-state index contributed by atoms with van der Waals surface area (Å²) in [5.74, 6) is 0.864. The first kappa shape index (κ1) is 19.7. The lowest BCUT2D eigenvalue weighted by molar-refractivity contribution is 0.185. The second-order valence-electron chi connectivity index (χ2n) is 8.61. The molecule has 2 aromatic heterocycles. The van der Waals surface area contributed by atoms with Gasteiger partial charge in [-0.3, -0.25) is 4.90 Å². The van der Waals surface area contributed by atoms with Crippen LogP contribution in [0, 0.1) is 5.92 Å². The molecule has 1 fully saturated rings. The maximum atomic E-state index is 10.3. The van der Waals surface area contributed by atoms with Gasteiger partial charge in [-0.05, 0) is 55.1 Å². The van der Waals surface area contributed by atoms with Crippen molar-refractivity contribution < 1.29 is 5.11 Å². The number of likely N-dealkylation sites (tertiary alicyclic amines) is 1. The van der Waals surface area contributed by atoms with Gasteiger partial charge >= 0.3 is 0 Å². The van der Waals surface area contributed by atoms with Crippen LogP contribution in [0.5, 0.6) is 5.88 Å². The van der Waals surface area contributed by atoms with Crippen LogP contribution in [0.15, 0.2) is 72.9 Å². The Hall–Kier alpha value is -3.24. The molecule has 0 radical (unpaired) electrons. The Bertz CT molecular complexity index is 1180. The minimum Gasteiger partial charge on any atom is -0.493 e. The Morgan fingerprint density at radius 2 is 1.68 bits per heavy atom. The Morgan fingerprint density at radius 1 is 0.935 bits per heavy atom. The lowest BCUT2D eigenvalue weighted by atomic mass is 9.96. The van der Waals surface area contributed by atoms with Gasteiger partial charge in [0.1, 0.15) is 0 Å². The molecule has 156 valence electrons. The highest BCUT2D eigenvalue weighted by atomic mass is 16.3. The van der Waals surface area contributed by atoms with Crippen molar-refractivity contribution in [3.05, 3.63) is 78.5 Å². The normalized spacial score (nSPS) is 15.4. The van der Waals surface area contributed by atoms with E-state index < -0.39 is 0 Å². The molecule has 2 aromatic carbocycles. The first-order valence-corrected chi connectivity index (χ1v) is 11.0. The van der Waals surface area contributed by atoms with Crippen molar-refractivity contribution in [2.45, 2.75) is 26.3 Å². The van der Waals surface area contributed by atoms with Crippen molar-refractivity contribution in [3.63, 3.8) is 0 Å². The second-order valence-corrected chi connectivity index (χ2v) is 8.61. The van der Waals surface area contributed by atoms with E-state index in [1.165, 1.54) is 31.5 Å². The van der Waals surface area contributed by atoms with Crippen LogP contribution in [-0.2, 0) is 6.54 Å². The summed E-state index contributed by atoms with van der Waals surface area (Å²) >= 11 is 0. The van der Waals surface area contributed by atoms with E-state index >= 15 is 0 Å². The smallest absolute Gasteiger partial charge is 0.220 e. The summed E-state index contributed by atoms with van der Waals surface area (Å²) in [7, 11) is 0. The second kappa shape index (κ2) is 8.48. The van der Waals surface area contributed by atoms with Gasteiger partial charge in [0.05, 0.1) is 16.6 Å². The molecule has 0 atom stereocenters. The van der Waals surface area contributed by atoms with Gasteiger partial charge in [-0.1, -0.05) is 61.5 Å². The van der Waals surface area contributed by atoms with Crippen LogP contribution in [0.3, 0.4) is 0 Å². The fraction of sp³-hybridized carbons (Fsp3) is 0.259. The molecule has 4 nitrogen and oxygen atoms in total. The van der Waals surface area contributed by atoms with E-state index in [1.54, 1.807) is 6.20 Å². The van der Waals surface area contributed by atoms with Crippen molar-refractivity contribution in [3.8, 4) is 28.3 Å². The predicted molar refractivity (Wildman–Crippen MR) is 126 cm³/mol. The van der Waals surface area contributed by atoms with Crippen molar-refractivity contribution in [1.82, 2.24) is 14.9 Å². The lowest BCUT2D eigenvalue weighted by Crippen LogP contribution is -2.32. The van der Waals surface area contributed by atoms with Gasteiger partial charge in [0, 0.05) is 23.9 Å². The average molecular weight is 410 g/mol. The molecular formula is C27H27N3O. The zero-order valence-corrected chi connectivity index (χ0v) is 17.8. The van der Waals surface area contributed by atoms with Gasteiger partial charge in [0.2, 0.25) is 5.88 Å². The summed E-state index contributed by atoms with van der Waals surface area (Å²) in [5, 5.41) is 10.9. The standard InChI is InChI=1S/C27H27N3O/c1-19-12-15-30(16-13-19)18-20-7-9-22(10-8-20)26-23(21-5-3-2-4-6-21)17-24-25(29-26)11-14-28-27(24)31/h2-11,14,17,19H,12-13,15-16,18H2,1H3,(H,28,31). The zero-order chi connectivity index (χ0) is 21.2. The third-order valence-electron chi connectivity index (χ3n) is 6.32.